The topological polar surface area (TPSA) is 49.4 Å². The molecule has 1 saturated heterocycles. The van der Waals surface area contributed by atoms with Crippen molar-refractivity contribution < 1.29 is 8.42 Å². The number of nitrogens with zero attached hydrogens (tertiary/aromatic N) is 1. The van der Waals surface area contributed by atoms with Gasteiger partial charge in [0.25, 0.3) is 0 Å². The van der Waals surface area contributed by atoms with Crippen LogP contribution in [0.4, 0.5) is 0 Å². The monoisotopic (exact) mass is 310 g/mol. The highest BCUT2D eigenvalue weighted by molar-refractivity contribution is 7.89. The lowest BCUT2D eigenvalue weighted by Crippen LogP contribution is -2.57. The van der Waals surface area contributed by atoms with Gasteiger partial charge in [-0.05, 0) is 24.6 Å². The first-order valence-electron chi connectivity index (χ1n) is 5.38. The Morgan fingerprint density at radius 3 is 2.44 bits per heavy atom. The average Bonchev–Trinajstić information content (AvgIpc) is 2.13. The zero-order chi connectivity index (χ0) is 12.6. The van der Waals surface area contributed by atoms with Crippen LogP contribution in [0.5, 0.6) is 0 Å². The summed E-state index contributed by atoms with van der Waals surface area (Å²) >= 11 is 6.00. The molecule has 0 spiro atoms. The lowest BCUT2D eigenvalue weighted by molar-refractivity contribution is 0.274. The van der Waals surface area contributed by atoms with Gasteiger partial charge in [-0.3, -0.25) is 0 Å². The number of likely N-dealkylation sites (N-methyl/N-ethyl adjacent to an activating group) is 1. The first kappa shape index (κ1) is 15.7. The maximum absolute atomic E-state index is 12.3. The molecule has 18 heavy (non-hydrogen) atoms. The molecule has 1 fully saturated rings. The number of aryl methyl sites for hydroxylation is 1. The second-order valence-electron chi connectivity index (χ2n) is 4.27. The van der Waals surface area contributed by atoms with E-state index in [0.717, 1.165) is 5.56 Å². The lowest BCUT2D eigenvalue weighted by atomic mass is 10.2. The Hall–Kier alpha value is -0.330. The zero-order valence-corrected chi connectivity index (χ0v) is 12.6. The molecule has 0 bridgehead atoms. The summed E-state index contributed by atoms with van der Waals surface area (Å²) in [5.41, 5.74) is 0.946. The molecular formula is C11H16Cl2N2O2S. The summed E-state index contributed by atoms with van der Waals surface area (Å²) in [6.45, 7) is 3.26. The molecule has 0 aromatic heterocycles. The Kier molecular flexibility index (Phi) is 5.03. The van der Waals surface area contributed by atoms with E-state index < -0.39 is 10.0 Å². The smallest absolute Gasteiger partial charge is 0.244 e. The molecule has 1 aliphatic heterocycles. The van der Waals surface area contributed by atoms with Crippen LogP contribution in [0.2, 0.25) is 5.02 Å². The number of benzene rings is 1. The highest BCUT2D eigenvalue weighted by Gasteiger charge is 2.32. The largest absolute Gasteiger partial charge is 0.313 e. The van der Waals surface area contributed by atoms with Crippen LogP contribution >= 0.6 is 24.0 Å². The summed E-state index contributed by atoms with van der Waals surface area (Å²) in [5.74, 6) is 0. The molecule has 0 amide bonds. The number of sulfonamides is 1. The van der Waals surface area contributed by atoms with Crippen molar-refractivity contribution in [1.82, 2.24) is 9.62 Å². The molecule has 4 nitrogen and oxygen atoms in total. The van der Waals surface area contributed by atoms with Gasteiger partial charge in [-0.1, -0.05) is 17.7 Å². The third-order valence-corrected chi connectivity index (χ3v) is 5.41. The van der Waals surface area contributed by atoms with Crippen molar-refractivity contribution >= 4 is 34.0 Å². The van der Waals surface area contributed by atoms with Crippen molar-refractivity contribution in [2.75, 3.05) is 20.1 Å². The third-order valence-electron chi connectivity index (χ3n) is 3.02. The minimum Gasteiger partial charge on any atom is -0.313 e. The van der Waals surface area contributed by atoms with Crippen molar-refractivity contribution in [2.24, 2.45) is 0 Å². The summed E-state index contributed by atoms with van der Waals surface area (Å²) < 4.78 is 26.0. The second kappa shape index (κ2) is 5.75. The number of halogens is 2. The predicted molar refractivity (Wildman–Crippen MR) is 75.0 cm³/mol. The maximum atomic E-state index is 12.3. The van der Waals surface area contributed by atoms with Crippen LogP contribution in [-0.4, -0.2) is 38.9 Å². The molecule has 0 aliphatic carbocycles. The fraction of sp³-hybridized carbons (Fsp3) is 0.455. The van der Waals surface area contributed by atoms with E-state index in [1.165, 1.54) is 4.31 Å². The van der Waals surface area contributed by atoms with E-state index in [4.69, 9.17) is 11.6 Å². The molecule has 2 rings (SSSR count). The predicted octanol–water partition coefficient (Wildman–Crippen LogP) is 1.66. The zero-order valence-electron chi connectivity index (χ0n) is 10.2. The summed E-state index contributed by atoms with van der Waals surface area (Å²) in [5, 5.41) is 3.33. The Balaban J connectivity index is 0.00000162. The van der Waals surface area contributed by atoms with Crippen LogP contribution in [0.3, 0.4) is 0 Å². The summed E-state index contributed by atoms with van der Waals surface area (Å²) in [6.07, 6.45) is 0. The van der Waals surface area contributed by atoms with E-state index >= 15 is 0 Å². The van der Waals surface area contributed by atoms with Gasteiger partial charge in [-0.15, -0.1) is 12.4 Å². The highest BCUT2D eigenvalue weighted by Crippen LogP contribution is 2.26. The van der Waals surface area contributed by atoms with Gasteiger partial charge in [0.2, 0.25) is 10.0 Å². The van der Waals surface area contributed by atoms with E-state index in [1.807, 2.05) is 6.92 Å². The minimum atomic E-state index is -3.49. The van der Waals surface area contributed by atoms with Crippen LogP contribution in [0.1, 0.15) is 5.56 Å². The molecule has 7 heteroatoms. The fourth-order valence-corrected chi connectivity index (χ4v) is 3.62. The Bertz CT molecular complexity index is 530. The van der Waals surface area contributed by atoms with Crippen molar-refractivity contribution in [2.45, 2.75) is 17.9 Å². The number of hydrogen-bond donors (Lipinski definition) is 1. The van der Waals surface area contributed by atoms with E-state index in [0.29, 0.717) is 13.1 Å². The van der Waals surface area contributed by atoms with Crippen molar-refractivity contribution in [1.29, 1.82) is 0 Å². The molecule has 1 aliphatic rings. The summed E-state index contributed by atoms with van der Waals surface area (Å²) in [4.78, 5) is 0.180. The number of hydrogen-bond acceptors (Lipinski definition) is 3. The van der Waals surface area contributed by atoms with Gasteiger partial charge in [0, 0.05) is 26.2 Å². The standard InChI is InChI=1S/C11H15ClN2O2S.ClH/c1-8-3-4-11(10(12)5-8)17(15,16)14(2)9-6-13-7-9;/h3-5,9,13H,6-7H2,1-2H3;1H. The lowest BCUT2D eigenvalue weighted by Gasteiger charge is -2.34. The van der Waals surface area contributed by atoms with E-state index in [9.17, 15) is 8.42 Å². The van der Waals surface area contributed by atoms with Gasteiger partial charge in [0.1, 0.15) is 4.90 Å². The molecular weight excluding hydrogens is 295 g/mol. The third kappa shape index (κ3) is 2.81. The summed E-state index contributed by atoms with van der Waals surface area (Å²) in [7, 11) is -1.89. The highest BCUT2D eigenvalue weighted by atomic mass is 35.5. The number of rotatable bonds is 3. The molecule has 0 saturated carbocycles. The normalized spacial score (nSPS) is 16.2. The Morgan fingerprint density at radius 1 is 1.39 bits per heavy atom. The first-order chi connectivity index (χ1) is 7.93. The van der Waals surface area contributed by atoms with E-state index in [2.05, 4.69) is 5.32 Å². The quantitative estimate of drug-likeness (QED) is 0.924. The molecule has 0 atom stereocenters. The van der Waals surface area contributed by atoms with Gasteiger partial charge in [-0.2, -0.15) is 4.31 Å². The maximum Gasteiger partial charge on any atom is 0.244 e. The molecule has 1 aromatic carbocycles. The Morgan fingerprint density at radius 2 is 2.00 bits per heavy atom. The molecule has 1 aromatic rings. The average molecular weight is 311 g/mol. The van der Waals surface area contributed by atoms with Crippen molar-refractivity contribution in [3.63, 3.8) is 0 Å². The molecule has 1 heterocycles. The minimum absolute atomic E-state index is 0. The number of nitrogens with one attached hydrogen (secondary N) is 1. The molecule has 0 unspecified atom stereocenters. The summed E-state index contributed by atoms with van der Waals surface area (Å²) in [6, 6.07) is 5.01. The second-order valence-corrected chi connectivity index (χ2v) is 6.64. The Labute approximate surface area is 119 Å². The van der Waals surface area contributed by atoms with E-state index in [-0.39, 0.29) is 28.4 Å². The van der Waals surface area contributed by atoms with Gasteiger partial charge in [-0.25, -0.2) is 8.42 Å². The van der Waals surface area contributed by atoms with Gasteiger partial charge in [0.05, 0.1) is 5.02 Å². The van der Waals surface area contributed by atoms with Crippen LogP contribution in [0.15, 0.2) is 23.1 Å². The SMILES string of the molecule is Cc1ccc(S(=O)(=O)N(C)C2CNC2)c(Cl)c1.Cl. The van der Waals surface area contributed by atoms with Crippen LogP contribution in [0.25, 0.3) is 0 Å². The van der Waals surface area contributed by atoms with Crippen LogP contribution in [0, 0.1) is 6.92 Å². The molecule has 0 radical (unpaired) electrons. The van der Waals surface area contributed by atoms with Crippen molar-refractivity contribution in [3.8, 4) is 0 Å². The van der Waals surface area contributed by atoms with Crippen molar-refractivity contribution in [3.05, 3.63) is 28.8 Å². The van der Waals surface area contributed by atoms with E-state index in [1.54, 1.807) is 25.2 Å². The van der Waals surface area contributed by atoms with Gasteiger partial charge in [0.15, 0.2) is 0 Å². The first-order valence-corrected chi connectivity index (χ1v) is 7.19. The molecule has 1 N–H and O–H groups in total. The van der Waals surface area contributed by atoms with Crippen LogP contribution < -0.4 is 5.32 Å². The van der Waals surface area contributed by atoms with Crippen LogP contribution in [-0.2, 0) is 10.0 Å². The molecule has 102 valence electrons. The fourth-order valence-electron chi connectivity index (χ4n) is 1.70. The van der Waals surface area contributed by atoms with Gasteiger partial charge >= 0.3 is 0 Å². The van der Waals surface area contributed by atoms with Gasteiger partial charge < -0.3 is 5.32 Å².